The summed E-state index contributed by atoms with van der Waals surface area (Å²) in [5.41, 5.74) is 0.920. The van der Waals surface area contributed by atoms with Crippen molar-refractivity contribution >= 4 is 15.7 Å². The Labute approximate surface area is 121 Å². The van der Waals surface area contributed by atoms with Gasteiger partial charge < -0.3 is 5.32 Å². The average Bonchev–Trinajstić information content (AvgIpc) is 3.07. The minimum absolute atomic E-state index is 0.119. The fourth-order valence-corrected chi connectivity index (χ4v) is 3.22. The van der Waals surface area contributed by atoms with Crippen molar-refractivity contribution in [3.8, 4) is 5.69 Å². The molecular weight excluding hydrogens is 292 g/mol. The van der Waals surface area contributed by atoms with Gasteiger partial charge in [-0.2, -0.15) is 0 Å². The van der Waals surface area contributed by atoms with Crippen LogP contribution in [0.1, 0.15) is 10.5 Å². The summed E-state index contributed by atoms with van der Waals surface area (Å²) < 4.78 is 24.0. The van der Waals surface area contributed by atoms with Gasteiger partial charge in [0.15, 0.2) is 15.5 Å². The van der Waals surface area contributed by atoms with Gasteiger partial charge in [0, 0.05) is 5.41 Å². The molecule has 3 rings (SSSR count). The number of nitrogens with one attached hydrogen (secondary N) is 1. The molecule has 0 radical (unpaired) electrons. The molecule has 7 nitrogen and oxygen atoms in total. The minimum Gasteiger partial charge on any atom is -0.343 e. The molecule has 2 heterocycles. The van der Waals surface area contributed by atoms with Crippen molar-refractivity contribution in [3.63, 3.8) is 0 Å². The van der Waals surface area contributed by atoms with E-state index in [1.54, 1.807) is 0 Å². The first kappa shape index (κ1) is 13.5. The number of carbonyl (C=O) groups is 1. The van der Waals surface area contributed by atoms with Crippen LogP contribution in [0.2, 0.25) is 0 Å². The standard InChI is InChI=1S/C13H12N4O3S/c18-13(14-10-6-7-21(19,20)9-10)12-8-17(16-15-12)11-4-2-1-3-5-11/h1-8,10H,9H2,(H,14,18). The van der Waals surface area contributed by atoms with Crippen molar-refractivity contribution in [2.24, 2.45) is 0 Å². The third-order valence-electron chi connectivity index (χ3n) is 2.99. The smallest absolute Gasteiger partial charge is 0.273 e. The number of aromatic nitrogens is 3. The fraction of sp³-hybridized carbons (Fsp3) is 0.154. The second-order valence-electron chi connectivity index (χ2n) is 4.62. The number of para-hydroxylation sites is 1. The number of carbonyl (C=O) groups excluding carboxylic acids is 1. The van der Waals surface area contributed by atoms with Crippen LogP contribution in [0.4, 0.5) is 0 Å². The predicted molar refractivity (Wildman–Crippen MR) is 75.5 cm³/mol. The van der Waals surface area contributed by atoms with Crippen LogP contribution >= 0.6 is 0 Å². The second kappa shape index (κ2) is 5.13. The number of hydrogen-bond acceptors (Lipinski definition) is 5. The average molecular weight is 304 g/mol. The summed E-state index contributed by atoms with van der Waals surface area (Å²) in [6.07, 6.45) is 2.95. The molecule has 8 heteroatoms. The Kier molecular flexibility index (Phi) is 3.30. The molecule has 0 saturated heterocycles. The van der Waals surface area contributed by atoms with Gasteiger partial charge in [0.1, 0.15) is 0 Å². The zero-order valence-corrected chi connectivity index (χ0v) is 11.7. The quantitative estimate of drug-likeness (QED) is 0.880. The van der Waals surface area contributed by atoms with Gasteiger partial charge in [0.2, 0.25) is 0 Å². The summed E-state index contributed by atoms with van der Waals surface area (Å²) in [7, 11) is -3.20. The Bertz CT molecular complexity index is 796. The van der Waals surface area contributed by atoms with Gasteiger partial charge in [-0.1, -0.05) is 23.4 Å². The van der Waals surface area contributed by atoms with Crippen molar-refractivity contribution < 1.29 is 13.2 Å². The van der Waals surface area contributed by atoms with Crippen LogP contribution in [-0.2, 0) is 9.84 Å². The first-order valence-corrected chi connectivity index (χ1v) is 7.95. The predicted octanol–water partition coefficient (Wildman–Crippen LogP) is 0.308. The zero-order chi connectivity index (χ0) is 14.9. The van der Waals surface area contributed by atoms with E-state index in [1.165, 1.54) is 17.0 Å². The maximum Gasteiger partial charge on any atom is 0.273 e. The molecule has 0 spiro atoms. The molecule has 1 aliphatic heterocycles. The largest absolute Gasteiger partial charge is 0.343 e. The van der Waals surface area contributed by atoms with Crippen molar-refractivity contribution in [1.82, 2.24) is 20.3 Å². The van der Waals surface area contributed by atoms with E-state index in [-0.39, 0.29) is 11.4 Å². The molecule has 2 aromatic rings. The van der Waals surface area contributed by atoms with E-state index >= 15 is 0 Å². The molecule has 108 valence electrons. The van der Waals surface area contributed by atoms with Crippen LogP contribution < -0.4 is 5.32 Å². The molecule has 1 atom stereocenters. The van der Waals surface area contributed by atoms with Crippen molar-refractivity contribution in [3.05, 3.63) is 53.7 Å². The molecule has 1 unspecified atom stereocenters. The Morgan fingerprint density at radius 3 is 2.71 bits per heavy atom. The number of benzene rings is 1. The topological polar surface area (TPSA) is 94.0 Å². The van der Waals surface area contributed by atoms with E-state index in [0.717, 1.165) is 11.1 Å². The lowest BCUT2D eigenvalue weighted by atomic mass is 10.3. The van der Waals surface area contributed by atoms with Crippen LogP contribution in [-0.4, -0.2) is 41.1 Å². The van der Waals surface area contributed by atoms with Crippen LogP contribution in [0, 0.1) is 0 Å². The van der Waals surface area contributed by atoms with E-state index in [0.29, 0.717) is 0 Å². The molecule has 0 aliphatic carbocycles. The van der Waals surface area contributed by atoms with Crippen molar-refractivity contribution in [1.29, 1.82) is 0 Å². The Morgan fingerprint density at radius 1 is 1.29 bits per heavy atom. The monoisotopic (exact) mass is 304 g/mol. The molecule has 21 heavy (non-hydrogen) atoms. The highest BCUT2D eigenvalue weighted by molar-refractivity contribution is 7.94. The van der Waals surface area contributed by atoms with Crippen molar-refractivity contribution in [2.75, 3.05) is 5.75 Å². The van der Waals surface area contributed by atoms with Crippen molar-refractivity contribution in [2.45, 2.75) is 6.04 Å². The summed E-state index contributed by atoms with van der Waals surface area (Å²) >= 11 is 0. The SMILES string of the molecule is O=C(NC1C=CS(=O)(=O)C1)c1cn(-c2ccccc2)nn1. The maximum atomic E-state index is 12.0. The van der Waals surface area contributed by atoms with Gasteiger partial charge in [-0.3, -0.25) is 4.79 Å². The molecule has 0 bridgehead atoms. The lowest BCUT2D eigenvalue weighted by molar-refractivity contribution is 0.0942. The van der Waals surface area contributed by atoms with Gasteiger partial charge in [-0.05, 0) is 18.2 Å². The van der Waals surface area contributed by atoms with Gasteiger partial charge >= 0.3 is 0 Å². The van der Waals surface area contributed by atoms with E-state index in [2.05, 4.69) is 15.6 Å². The molecule has 1 aromatic carbocycles. The number of hydrogen-bond donors (Lipinski definition) is 1. The van der Waals surface area contributed by atoms with E-state index in [9.17, 15) is 13.2 Å². The van der Waals surface area contributed by atoms with Crippen LogP contribution in [0.25, 0.3) is 5.69 Å². The number of rotatable bonds is 3. The number of amides is 1. The summed E-state index contributed by atoms with van der Waals surface area (Å²) in [6, 6.07) is 8.73. The highest BCUT2D eigenvalue weighted by Crippen LogP contribution is 2.09. The van der Waals surface area contributed by atoms with Gasteiger partial charge in [-0.15, -0.1) is 5.10 Å². The molecular formula is C13H12N4O3S. The fourth-order valence-electron chi connectivity index (χ4n) is 1.98. The van der Waals surface area contributed by atoms with Gasteiger partial charge in [0.05, 0.1) is 23.7 Å². The van der Waals surface area contributed by atoms with E-state index in [4.69, 9.17) is 0 Å². The molecule has 1 aliphatic rings. The number of nitrogens with zero attached hydrogens (tertiary/aromatic N) is 3. The highest BCUT2D eigenvalue weighted by Gasteiger charge is 2.24. The molecule has 0 fully saturated rings. The molecule has 1 amide bonds. The third kappa shape index (κ3) is 3.00. The minimum atomic E-state index is -3.20. The van der Waals surface area contributed by atoms with Gasteiger partial charge in [0.25, 0.3) is 5.91 Å². The van der Waals surface area contributed by atoms with Crippen LogP contribution in [0.5, 0.6) is 0 Å². The number of sulfone groups is 1. The lowest BCUT2D eigenvalue weighted by Crippen LogP contribution is -2.35. The van der Waals surface area contributed by atoms with Gasteiger partial charge in [-0.25, -0.2) is 13.1 Å². The third-order valence-corrected chi connectivity index (χ3v) is 4.39. The Morgan fingerprint density at radius 2 is 2.05 bits per heavy atom. The summed E-state index contributed by atoms with van der Waals surface area (Å²) in [6.45, 7) is 0. The Balaban J connectivity index is 1.72. The Hall–Kier alpha value is -2.48. The first-order valence-electron chi connectivity index (χ1n) is 6.23. The van der Waals surface area contributed by atoms with Crippen LogP contribution in [0.3, 0.4) is 0 Å². The van der Waals surface area contributed by atoms with Crippen LogP contribution in [0.15, 0.2) is 48.0 Å². The first-order chi connectivity index (χ1) is 10.0. The summed E-state index contributed by atoms with van der Waals surface area (Å²) in [5.74, 6) is -0.574. The van der Waals surface area contributed by atoms with E-state index < -0.39 is 21.8 Å². The second-order valence-corrected chi connectivity index (χ2v) is 6.55. The summed E-state index contributed by atoms with van der Waals surface area (Å²) in [4.78, 5) is 12.0. The lowest BCUT2D eigenvalue weighted by Gasteiger charge is -2.07. The molecule has 0 saturated carbocycles. The highest BCUT2D eigenvalue weighted by atomic mass is 32.2. The molecule has 1 aromatic heterocycles. The normalized spacial score (nSPS) is 19.5. The maximum absolute atomic E-state index is 12.0. The molecule has 1 N–H and O–H groups in total. The zero-order valence-electron chi connectivity index (χ0n) is 10.9. The van der Waals surface area contributed by atoms with E-state index in [1.807, 2.05) is 30.3 Å². The summed E-state index contributed by atoms with van der Waals surface area (Å²) in [5, 5.41) is 11.4.